The van der Waals surface area contributed by atoms with E-state index in [2.05, 4.69) is 14.5 Å². The summed E-state index contributed by atoms with van der Waals surface area (Å²) in [4.78, 5) is 13.8. The third kappa shape index (κ3) is 2.97. The van der Waals surface area contributed by atoms with E-state index < -0.39 is 28.5 Å². The second kappa shape index (κ2) is 5.79. The molecule has 1 aromatic carbocycles. The van der Waals surface area contributed by atoms with E-state index in [-0.39, 0.29) is 12.4 Å². The molecule has 2 aromatic rings. The van der Waals surface area contributed by atoms with Crippen LogP contribution in [-0.4, -0.2) is 51.7 Å². The molecule has 4 rings (SSSR count). The maximum Gasteiger partial charge on any atom is 0.418 e. The minimum atomic E-state index is -4.77. The summed E-state index contributed by atoms with van der Waals surface area (Å²) in [6.45, 7) is 0.252. The van der Waals surface area contributed by atoms with Crippen LogP contribution < -0.4 is 0 Å². The van der Waals surface area contributed by atoms with Gasteiger partial charge in [0, 0.05) is 12.1 Å². The van der Waals surface area contributed by atoms with Gasteiger partial charge in [-0.15, -0.1) is 14.5 Å². The number of piperidine rings is 1. The molecular formula is C14H14N4O6S. The zero-order valence-electron chi connectivity index (χ0n) is 12.8. The number of hydrogen-bond acceptors (Lipinski definition) is 7. The number of urea groups is 1. The number of aromatic nitrogens is 2. The van der Waals surface area contributed by atoms with E-state index in [1.807, 2.05) is 30.3 Å². The molecule has 2 bridgehead atoms. The summed E-state index contributed by atoms with van der Waals surface area (Å²) >= 11 is 0. The van der Waals surface area contributed by atoms with Gasteiger partial charge in [-0.25, -0.2) is 4.79 Å². The molecule has 2 fully saturated rings. The van der Waals surface area contributed by atoms with Crippen LogP contribution in [0.15, 0.2) is 34.7 Å². The van der Waals surface area contributed by atoms with Gasteiger partial charge in [0.05, 0.1) is 6.04 Å². The molecule has 2 saturated heterocycles. The summed E-state index contributed by atoms with van der Waals surface area (Å²) in [5.74, 6) is 0.620. The Balaban J connectivity index is 1.57. The SMILES string of the molecule is O=C1N2C[C@H](CC[C@@H]2c2nnc(-c3ccccc3)o2)N1OS(=O)(=O)O. The molecule has 2 aliphatic rings. The van der Waals surface area contributed by atoms with Crippen molar-refractivity contribution in [2.75, 3.05) is 6.54 Å². The van der Waals surface area contributed by atoms with Crippen LogP contribution in [0.2, 0.25) is 0 Å². The van der Waals surface area contributed by atoms with Gasteiger partial charge in [-0.3, -0.25) is 4.55 Å². The third-order valence-corrected chi connectivity index (χ3v) is 4.59. The van der Waals surface area contributed by atoms with Crippen LogP contribution in [0.3, 0.4) is 0 Å². The summed E-state index contributed by atoms with van der Waals surface area (Å²) in [5, 5.41) is 8.73. The van der Waals surface area contributed by atoms with Crippen LogP contribution in [-0.2, 0) is 14.7 Å². The normalized spacial score (nSPS) is 23.3. The monoisotopic (exact) mass is 366 g/mol. The largest absolute Gasteiger partial charge is 0.418 e. The molecule has 1 N–H and O–H groups in total. The number of amides is 2. The first-order valence-electron chi connectivity index (χ1n) is 7.58. The Bertz CT molecular complexity index is 899. The smallest absolute Gasteiger partial charge is 0.418 e. The van der Waals surface area contributed by atoms with E-state index in [0.717, 1.165) is 5.56 Å². The van der Waals surface area contributed by atoms with Crippen LogP contribution in [0.25, 0.3) is 11.5 Å². The van der Waals surface area contributed by atoms with Crippen LogP contribution in [0.4, 0.5) is 4.79 Å². The van der Waals surface area contributed by atoms with Crippen LogP contribution in [0.5, 0.6) is 0 Å². The zero-order chi connectivity index (χ0) is 17.6. The summed E-state index contributed by atoms with van der Waals surface area (Å²) in [5.41, 5.74) is 0.763. The number of rotatable bonds is 4. The van der Waals surface area contributed by atoms with Crippen molar-refractivity contribution in [1.82, 2.24) is 20.2 Å². The minimum Gasteiger partial charge on any atom is -0.418 e. The highest BCUT2D eigenvalue weighted by atomic mass is 32.3. The molecule has 2 amide bonds. The van der Waals surface area contributed by atoms with Crippen molar-refractivity contribution in [3.05, 3.63) is 36.2 Å². The molecule has 11 heteroatoms. The van der Waals surface area contributed by atoms with Gasteiger partial charge in [-0.2, -0.15) is 13.5 Å². The van der Waals surface area contributed by atoms with Crippen LogP contribution >= 0.6 is 0 Å². The topological polar surface area (TPSA) is 126 Å². The molecular weight excluding hydrogens is 352 g/mol. The predicted molar refractivity (Wildman–Crippen MR) is 82.1 cm³/mol. The van der Waals surface area contributed by atoms with Gasteiger partial charge >= 0.3 is 16.4 Å². The lowest BCUT2D eigenvalue weighted by Gasteiger charge is -2.27. The fraction of sp³-hybridized carbons (Fsp3) is 0.357. The second-order valence-electron chi connectivity index (χ2n) is 5.82. The summed E-state index contributed by atoms with van der Waals surface area (Å²) in [6, 6.07) is 7.64. The highest BCUT2D eigenvalue weighted by molar-refractivity contribution is 7.80. The van der Waals surface area contributed by atoms with Crippen molar-refractivity contribution < 1.29 is 26.5 Å². The molecule has 0 aliphatic carbocycles. The Labute approximate surface area is 142 Å². The molecule has 0 radical (unpaired) electrons. The first-order valence-corrected chi connectivity index (χ1v) is 8.94. The molecule has 0 saturated carbocycles. The highest BCUT2D eigenvalue weighted by Gasteiger charge is 2.49. The first kappa shape index (κ1) is 16.0. The average Bonchev–Trinajstić information content (AvgIpc) is 3.16. The van der Waals surface area contributed by atoms with E-state index in [1.165, 1.54) is 4.90 Å². The van der Waals surface area contributed by atoms with Crippen molar-refractivity contribution in [2.45, 2.75) is 24.9 Å². The summed E-state index contributed by atoms with van der Waals surface area (Å²) in [6.07, 6.45) is 0.990. The van der Waals surface area contributed by atoms with E-state index in [0.29, 0.717) is 23.8 Å². The van der Waals surface area contributed by atoms with E-state index in [9.17, 15) is 13.2 Å². The maximum absolute atomic E-state index is 12.4. The molecule has 1 aromatic heterocycles. The van der Waals surface area contributed by atoms with Gasteiger partial charge in [-0.1, -0.05) is 18.2 Å². The molecule has 2 aliphatic heterocycles. The van der Waals surface area contributed by atoms with E-state index in [1.54, 1.807) is 0 Å². The minimum absolute atomic E-state index is 0.252. The second-order valence-corrected chi connectivity index (χ2v) is 6.83. The van der Waals surface area contributed by atoms with Crippen molar-refractivity contribution in [1.29, 1.82) is 0 Å². The van der Waals surface area contributed by atoms with Crippen molar-refractivity contribution in [2.24, 2.45) is 0 Å². The summed E-state index contributed by atoms with van der Waals surface area (Å²) < 4.78 is 40.7. The molecule has 0 spiro atoms. The fourth-order valence-corrected chi connectivity index (χ4v) is 3.54. The summed E-state index contributed by atoms with van der Waals surface area (Å²) in [7, 11) is -4.77. The molecule has 132 valence electrons. The van der Waals surface area contributed by atoms with Crippen LogP contribution in [0.1, 0.15) is 24.8 Å². The van der Waals surface area contributed by atoms with Crippen LogP contribution in [0, 0.1) is 0 Å². The average molecular weight is 366 g/mol. The standard InChI is InChI=1S/C14H14N4O6S/c19-14-17-8-10(18(14)24-25(20,21)22)6-7-11(17)13-16-15-12(23-13)9-4-2-1-3-5-9/h1-5,10-11H,6-8H2,(H,20,21,22)/t10-,11+/m0/s1. The predicted octanol–water partition coefficient (Wildman–Crippen LogP) is 1.41. The number of fused-ring (bicyclic) bond motifs is 2. The fourth-order valence-electron chi connectivity index (χ4n) is 3.15. The number of carbonyl (C=O) groups excluding carboxylic acids is 1. The maximum atomic E-state index is 12.4. The molecule has 3 heterocycles. The van der Waals surface area contributed by atoms with Crippen molar-refractivity contribution in [3.8, 4) is 11.5 Å². The lowest BCUT2D eigenvalue weighted by molar-refractivity contribution is -0.0317. The Hall–Kier alpha value is -2.50. The lowest BCUT2D eigenvalue weighted by Crippen LogP contribution is -2.35. The lowest BCUT2D eigenvalue weighted by atomic mass is 10.0. The van der Waals surface area contributed by atoms with Crippen molar-refractivity contribution >= 4 is 16.4 Å². The van der Waals surface area contributed by atoms with Gasteiger partial charge in [0.1, 0.15) is 6.04 Å². The molecule has 10 nitrogen and oxygen atoms in total. The number of hydrogen-bond donors (Lipinski definition) is 1. The van der Waals surface area contributed by atoms with E-state index in [4.69, 9.17) is 8.97 Å². The Morgan fingerprint density at radius 2 is 1.96 bits per heavy atom. The highest BCUT2D eigenvalue weighted by Crippen LogP contribution is 2.38. The first-order chi connectivity index (χ1) is 11.9. The van der Waals surface area contributed by atoms with E-state index >= 15 is 0 Å². The number of benzene rings is 1. The quantitative estimate of drug-likeness (QED) is 0.805. The van der Waals surface area contributed by atoms with Gasteiger partial charge < -0.3 is 9.32 Å². The number of carbonyl (C=O) groups is 1. The molecule has 0 unspecified atom stereocenters. The van der Waals surface area contributed by atoms with Crippen molar-refractivity contribution in [3.63, 3.8) is 0 Å². The number of nitrogens with zero attached hydrogens (tertiary/aromatic N) is 4. The third-order valence-electron chi connectivity index (χ3n) is 4.24. The zero-order valence-corrected chi connectivity index (χ0v) is 13.7. The van der Waals surface area contributed by atoms with Gasteiger partial charge in [-0.05, 0) is 25.0 Å². The van der Waals surface area contributed by atoms with Gasteiger partial charge in [0.25, 0.3) is 0 Å². The molecule has 2 atom stereocenters. The Morgan fingerprint density at radius 1 is 1.20 bits per heavy atom. The number of hydroxylamine groups is 2. The van der Waals surface area contributed by atoms with Gasteiger partial charge in [0.2, 0.25) is 11.8 Å². The molecule has 25 heavy (non-hydrogen) atoms. The Kier molecular flexibility index (Phi) is 3.71. The Morgan fingerprint density at radius 3 is 2.68 bits per heavy atom. The van der Waals surface area contributed by atoms with Gasteiger partial charge in [0.15, 0.2) is 0 Å².